The molecule has 0 aromatic carbocycles. The first kappa shape index (κ1) is 11.0. The third-order valence-corrected chi connectivity index (χ3v) is 5.62. The predicted octanol–water partition coefficient (Wildman–Crippen LogP) is 5.37. The molecule has 0 spiro atoms. The summed E-state index contributed by atoms with van der Waals surface area (Å²) < 4.78 is 1.19. The summed E-state index contributed by atoms with van der Waals surface area (Å²) >= 11 is 11.8. The number of rotatable bonds is 2. The highest BCUT2D eigenvalue weighted by molar-refractivity contribution is 9.10. The standard InChI is InChI=1S/C11H14BrClS/c12-9-6-7-14-11(9)10(13)8-4-2-1-3-5-8/h6-8,10H,1-5H2. The largest absolute Gasteiger partial charge is 0.146 e. The Bertz CT molecular complexity index is 291. The number of hydrogen-bond acceptors (Lipinski definition) is 1. The molecule has 0 nitrogen and oxygen atoms in total. The zero-order valence-electron chi connectivity index (χ0n) is 8.01. The summed E-state index contributed by atoms with van der Waals surface area (Å²) in [6, 6.07) is 2.10. The molecule has 1 fully saturated rings. The average Bonchev–Trinajstić information content (AvgIpc) is 2.65. The molecule has 0 bridgehead atoms. The molecular formula is C11H14BrClS. The highest BCUT2D eigenvalue weighted by atomic mass is 79.9. The first-order valence-corrected chi connectivity index (χ1v) is 7.27. The van der Waals surface area contributed by atoms with Crippen LogP contribution in [0.4, 0.5) is 0 Å². The maximum atomic E-state index is 6.51. The van der Waals surface area contributed by atoms with E-state index in [1.54, 1.807) is 11.3 Å². The van der Waals surface area contributed by atoms with Gasteiger partial charge in [-0.1, -0.05) is 19.3 Å². The molecule has 0 N–H and O–H groups in total. The van der Waals surface area contributed by atoms with Crippen molar-refractivity contribution in [2.75, 3.05) is 0 Å². The van der Waals surface area contributed by atoms with Gasteiger partial charge >= 0.3 is 0 Å². The molecule has 1 heterocycles. The van der Waals surface area contributed by atoms with Crippen molar-refractivity contribution in [2.45, 2.75) is 37.5 Å². The van der Waals surface area contributed by atoms with E-state index in [4.69, 9.17) is 11.6 Å². The van der Waals surface area contributed by atoms with Gasteiger partial charge in [0, 0.05) is 9.35 Å². The molecular weight excluding hydrogens is 280 g/mol. The van der Waals surface area contributed by atoms with E-state index in [2.05, 4.69) is 27.4 Å². The third kappa shape index (κ3) is 2.34. The van der Waals surface area contributed by atoms with Gasteiger partial charge in [0.25, 0.3) is 0 Å². The van der Waals surface area contributed by atoms with Crippen LogP contribution in [0.25, 0.3) is 0 Å². The van der Waals surface area contributed by atoms with E-state index in [-0.39, 0.29) is 5.38 Å². The Balaban J connectivity index is 2.07. The second-order valence-corrected chi connectivity index (χ2v) is 6.20. The second kappa shape index (κ2) is 5.00. The molecule has 1 saturated carbocycles. The Morgan fingerprint density at radius 2 is 2.07 bits per heavy atom. The molecule has 1 aromatic heterocycles. The highest BCUT2D eigenvalue weighted by Gasteiger charge is 2.25. The number of halogens is 2. The SMILES string of the molecule is ClC(c1sccc1Br)C1CCCCC1. The van der Waals surface area contributed by atoms with Gasteiger partial charge in [0.1, 0.15) is 0 Å². The normalized spacial score (nSPS) is 21.0. The molecule has 0 amide bonds. The van der Waals surface area contributed by atoms with E-state index in [0.29, 0.717) is 5.92 Å². The monoisotopic (exact) mass is 292 g/mol. The minimum atomic E-state index is 0.227. The van der Waals surface area contributed by atoms with E-state index in [1.165, 1.54) is 41.5 Å². The van der Waals surface area contributed by atoms with E-state index in [9.17, 15) is 0 Å². The Morgan fingerprint density at radius 1 is 1.36 bits per heavy atom. The summed E-state index contributed by atoms with van der Waals surface area (Å²) in [4.78, 5) is 1.32. The average molecular weight is 294 g/mol. The molecule has 0 radical (unpaired) electrons. The van der Waals surface area contributed by atoms with Crippen LogP contribution in [-0.2, 0) is 0 Å². The van der Waals surface area contributed by atoms with Gasteiger partial charge < -0.3 is 0 Å². The van der Waals surface area contributed by atoms with Gasteiger partial charge in [0.15, 0.2) is 0 Å². The molecule has 1 unspecified atom stereocenters. The van der Waals surface area contributed by atoms with Crippen LogP contribution in [0, 0.1) is 5.92 Å². The molecule has 14 heavy (non-hydrogen) atoms. The lowest BCUT2D eigenvalue weighted by Gasteiger charge is -2.25. The second-order valence-electron chi connectivity index (χ2n) is 3.93. The molecule has 3 heteroatoms. The maximum absolute atomic E-state index is 6.51. The third-order valence-electron chi connectivity index (χ3n) is 2.96. The van der Waals surface area contributed by atoms with Crippen molar-refractivity contribution in [3.63, 3.8) is 0 Å². The Hall–Kier alpha value is 0.470. The quantitative estimate of drug-likeness (QED) is 0.643. The zero-order valence-corrected chi connectivity index (χ0v) is 11.2. The molecule has 2 rings (SSSR count). The Labute approximate surface area is 103 Å². The smallest absolute Gasteiger partial charge is 0.0718 e. The van der Waals surface area contributed by atoms with Crippen molar-refractivity contribution >= 4 is 38.9 Å². The van der Waals surface area contributed by atoms with Gasteiger partial charge in [-0.15, -0.1) is 22.9 Å². The zero-order chi connectivity index (χ0) is 9.97. The van der Waals surface area contributed by atoms with Crippen molar-refractivity contribution in [3.8, 4) is 0 Å². The van der Waals surface area contributed by atoms with Gasteiger partial charge in [-0.05, 0) is 46.1 Å². The summed E-state index contributed by atoms with van der Waals surface area (Å²) in [5.41, 5.74) is 0. The topological polar surface area (TPSA) is 0 Å². The van der Waals surface area contributed by atoms with Crippen molar-refractivity contribution in [1.29, 1.82) is 0 Å². The van der Waals surface area contributed by atoms with Gasteiger partial charge in [-0.25, -0.2) is 0 Å². The van der Waals surface area contributed by atoms with E-state index < -0.39 is 0 Å². The lowest BCUT2D eigenvalue weighted by molar-refractivity contribution is 0.350. The highest BCUT2D eigenvalue weighted by Crippen LogP contribution is 2.43. The summed E-state index contributed by atoms with van der Waals surface area (Å²) in [5, 5.41) is 2.34. The lowest BCUT2D eigenvalue weighted by atomic mass is 9.86. The van der Waals surface area contributed by atoms with Crippen LogP contribution >= 0.6 is 38.9 Å². The minimum absolute atomic E-state index is 0.227. The lowest BCUT2D eigenvalue weighted by Crippen LogP contribution is -2.11. The molecule has 1 aliphatic rings. The van der Waals surface area contributed by atoms with Crippen molar-refractivity contribution in [3.05, 3.63) is 20.8 Å². The predicted molar refractivity (Wildman–Crippen MR) is 67.2 cm³/mol. The number of alkyl halides is 1. The molecule has 1 aliphatic carbocycles. The first-order valence-electron chi connectivity index (χ1n) is 5.16. The summed E-state index contributed by atoms with van der Waals surface area (Å²) in [6.45, 7) is 0. The van der Waals surface area contributed by atoms with Crippen LogP contribution in [0.3, 0.4) is 0 Å². The minimum Gasteiger partial charge on any atom is -0.146 e. The van der Waals surface area contributed by atoms with E-state index >= 15 is 0 Å². The molecule has 1 aromatic rings. The summed E-state index contributed by atoms with van der Waals surface area (Å²) in [5.74, 6) is 0.695. The van der Waals surface area contributed by atoms with E-state index in [1.807, 2.05) is 0 Å². The summed E-state index contributed by atoms with van der Waals surface area (Å²) in [6.07, 6.45) is 6.72. The molecule has 78 valence electrons. The number of hydrogen-bond donors (Lipinski definition) is 0. The fourth-order valence-corrected chi connectivity index (χ4v) is 4.49. The van der Waals surface area contributed by atoms with Crippen LogP contribution in [-0.4, -0.2) is 0 Å². The fourth-order valence-electron chi connectivity index (χ4n) is 2.14. The number of thiophene rings is 1. The van der Waals surface area contributed by atoms with Crippen LogP contribution in [0.15, 0.2) is 15.9 Å². The Morgan fingerprint density at radius 3 is 2.64 bits per heavy atom. The van der Waals surface area contributed by atoms with Crippen molar-refractivity contribution in [2.24, 2.45) is 5.92 Å². The van der Waals surface area contributed by atoms with Crippen LogP contribution in [0.5, 0.6) is 0 Å². The molecule has 0 aliphatic heterocycles. The van der Waals surface area contributed by atoms with Crippen molar-refractivity contribution in [1.82, 2.24) is 0 Å². The van der Waals surface area contributed by atoms with Crippen LogP contribution in [0.2, 0.25) is 0 Å². The molecule has 1 atom stereocenters. The Kier molecular flexibility index (Phi) is 3.92. The van der Waals surface area contributed by atoms with Gasteiger partial charge in [0.05, 0.1) is 5.38 Å². The van der Waals surface area contributed by atoms with Crippen LogP contribution in [0.1, 0.15) is 42.4 Å². The van der Waals surface area contributed by atoms with E-state index in [0.717, 1.165) is 0 Å². The maximum Gasteiger partial charge on any atom is 0.0718 e. The van der Waals surface area contributed by atoms with Gasteiger partial charge in [0.2, 0.25) is 0 Å². The van der Waals surface area contributed by atoms with Gasteiger partial charge in [-0.3, -0.25) is 0 Å². The summed E-state index contributed by atoms with van der Waals surface area (Å²) in [7, 11) is 0. The van der Waals surface area contributed by atoms with Crippen LogP contribution < -0.4 is 0 Å². The first-order chi connectivity index (χ1) is 6.79. The van der Waals surface area contributed by atoms with Gasteiger partial charge in [-0.2, -0.15) is 0 Å². The van der Waals surface area contributed by atoms with Crippen molar-refractivity contribution < 1.29 is 0 Å². The molecule has 0 saturated heterocycles. The fraction of sp³-hybridized carbons (Fsp3) is 0.636.